The predicted octanol–water partition coefficient (Wildman–Crippen LogP) is 1.26. The van der Waals surface area contributed by atoms with Crippen molar-refractivity contribution in [2.75, 3.05) is 34.8 Å². The normalized spacial score (nSPS) is 13.4. The lowest BCUT2D eigenvalue weighted by molar-refractivity contribution is -0.881. The van der Waals surface area contributed by atoms with Crippen LogP contribution in [-0.2, 0) is 16.0 Å². The van der Waals surface area contributed by atoms with Gasteiger partial charge in [0.25, 0.3) is 0 Å². The highest BCUT2D eigenvalue weighted by atomic mass is 16.5. The van der Waals surface area contributed by atoms with E-state index in [2.05, 4.69) is 4.74 Å². The first kappa shape index (κ1) is 15.5. The number of ether oxygens (including phenoxy) is 1. The largest absolute Gasteiger partial charge is 0.842 e. The van der Waals surface area contributed by atoms with Gasteiger partial charge >= 0.3 is 5.97 Å². The second kappa shape index (κ2) is 5.87. The minimum atomic E-state index is -0.927. The topological polar surface area (TPSA) is 62.5 Å². The molecule has 0 radical (unpaired) electrons. The second-order valence-electron chi connectivity index (χ2n) is 6.20. The summed E-state index contributed by atoms with van der Waals surface area (Å²) in [5, 5.41) is 13.1. The summed E-state index contributed by atoms with van der Waals surface area (Å²) in [7, 11) is 7.26. The number of rotatable bonds is 5. The number of furan rings is 1. The standard InChI is InChI=1S/C16H21NO4/c1-17(2,3)10-13(18)14-8-11-6-5-7-12(16(11)21-14)9-15(19)20-4/h5-8,13H,9-10H2,1-4H3. The molecule has 0 bridgehead atoms. The van der Waals surface area contributed by atoms with E-state index in [9.17, 15) is 9.90 Å². The van der Waals surface area contributed by atoms with Crippen LogP contribution in [-0.4, -0.2) is 45.2 Å². The van der Waals surface area contributed by atoms with Crippen molar-refractivity contribution in [3.05, 3.63) is 35.6 Å². The van der Waals surface area contributed by atoms with Crippen molar-refractivity contribution in [2.45, 2.75) is 12.5 Å². The summed E-state index contributed by atoms with van der Waals surface area (Å²) in [5.74, 6) is 0.0841. The van der Waals surface area contributed by atoms with Gasteiger partial charge < -0.3 is 18.7 Å². The van der Waals surface area contributed by atoms with Gasteiger partial charge in [0.05, 0.1) is 47.0 Å². The highest BCUT2D eigenvalue weighted by Crippen LogP contribution is 2.27. The van der Waals surface area contributed by atoms with Crippen molar-refractivity contribution in [1.82, 2.24) is 0 Å². The Balaban J connectivity index is 2.33. The molecule has 0 aliphatic carbocycles. The number of carbonyl (C=O) groups is 1. The van der Waals surface area contributed by atoms with Crippen LogP contribution < -0.4 is 5.11 Å². The van der Waals surface area contributed by atoms with Gasteiger partial charge in [0.15, 0.2) is 0 Å². The number of fused-ring (bicyclic) bond motifs is 1. The number of hydrogen-bond donors (Lipinski definition) is 0. The number of esters is 1. The second-order valence-corrected chi connectivity index (χ2v) is 6.20. The SMILES string of the molecule is COC(=O)Cc1cccc2cc(C([O-])C[N+](C)(C)C)oc12. The lowest BCUT2D eigenvalue weighted by Gasteiger charge is -2.31. The molecule has 1 heterocycles. The van der Waals surface area contributed by atoms with Crippen molar-refractivity contribution in [3.8, 4) is 0 Å². The molecule has 114 valence electrons. The number of para-hydroxylation sites is 1. The molecule has 0 N–H and O–H groups in total. The van der Waals surface area contributed by atoms with Crippen LogP contribution in [0.1, 0.15) is 17.4 Å². The molecule has 0 spiro atoms. The van der Waals surface area contributed by atoms with Gasteiger partial charge in [-0.15, -0.1) is 0 Å². The molecule has 0 saturated heterocycles. The molecule has 2 rings (SSSR count). The predicted molar refractivity (Wildman–Crippen MR) is 77.6 cm³/mol. The summed E-state index contributed by atoms with van der Waals surface area (Å²) in [6.07, 6.45) is -0.789. The Hall–Kier alpha value is -1.85. The van der Waals surface area contributed by atoms with Crippen LogP contribution in [0.2, 0.25) is 0 Å². The number of likely N-dealkylation sites (N-methyl/N-ethyl adjacent to an activating group) is 1. The molecule has 21 heavy (non-hydrogen) atoms. The molecule has 1 unspecified atom stereocenters. The first-order chi connectivity index (χ1) is 9.80. The summed E-state index contributed by atoms with van der Waals surface area (Å²) in [5.41, 5.74) is 1.34. The smallest absolute Gasteiger partial charge is 0.310 e. The molecular weight excluding hydrogens is 270 g/mol. The number of carbonyl (C=O) groups excluding carboxylic acids is 1. The molecule has 5 nitrogen and oxygen atoms in total. The third-order valence-electron chi connectivity index (χ3n) is 3.24. The molecule has 0 saturated carbocycles. The van der Waals surface area contributed by atoms with Gasteiger partial charge in [-0.3, -0.25) is 4.79 Å². The van der Waals surface area contributed by atoms with E-state index in [1.54, 1.807) is 6.07 Å². The molecule has 0 aliphatic heterocycles. The van der Waals surface area contributed by atoms with Gasteiger partial charge in [-0.25, -0.2) is 0 Å². The van der Waals surface area contributed by atoms with Crippen LogP contribution in [0.3, 0.4) is 0 Å². The molecule has 2 aromatic rings. The molecule has 1 atom stereocenters. The van der Waals surface area contributed by atoms with E-state index in [-0.39, 0.29) is 12.4 Å². The zero-order valence-corrected chi connectivity index (χ0v) is 12.9. The van der Waals surface area contributed by atoms with Crippen LogP contribution in [0.4, 0.5) is 0 Å². The van der Waals surface area contributed by atoms with E-state index in [4.69, 9.17) is 4.42 Å². The Bertz CT molecular complexity index is 639. The van der Waals surface area contributed by atoms with Gasteiger partial charge in [-0.2, -0.15) is 0 Å². The molecule has 5 heteroatoms. The van der Waals surface area contributed by atoms with Crippen molar-refractivity contribution < 1.29 is 23.5 Å². The van der Waals surface area contributed by atoms with Crippen LogP contribution in [0.25, 0.3) is 11.0 Å². The van der Waals surface area contributed by atoms with E-state index >= 15 is 0 Å². The van der Waals surface area contributed by atoms with E-state index in [1.807, 2.05) is 39.3 Å². The Morgan fingerprint density at radius 1 is 1.38 bits per heavy atom. The van der Waals surface area contributed by atoms with Gasteiger partial charge in [0.2, 0.25) is 0 Å². The maximum atomic E-state index is 12.3. The molecule has 1 aromatic heterocycles. The molecule has 0 fully saturated rings. The summed E-state index contributed by atoms with van der Waals surface area (Å²) < 4.78 is 11.0. The van der Waals surface area contributed by atoms with Crippen LogP contribution in [0, 0.1) is 0 Å². The van der Waals surface area contributed by atoms with Gasteiger partial charge in [-0.1, -0.05) is 18.2 Å². The first-order valence-corrected chi connectivity index (χ1v) is 6.84. The zero-order chi connectivity index (χ0) is 15.6. The maximum absolute atomic E-state index is 12.3. The van der Waals surface area contributed by atoms with Gasteiger partial charge in [-0.05, 0) is 12.2 Å². The third kappa shape index (κ3) is 3.83. The molecule has 1 aromatic carbocycles. The van der Waals surface area contributed by atoms with Crippen LogP contribution >= 0.6 is 0 Å². The minimum absolute atomic E-state index is 0.139. The number of quaternary nitrogens is 1. The van der Waals surface area contributed by atoms with E-state index in [0.717, 1.165) is 10.9 Å². The van der Waals surface area contributed by atoms with E-state index in [1.165, 1.54) is 7.11 Å². The van der Waals surface area contributed by atoms with Gasteiger partial charge in [0, 0.05) is 10.9 Å². The monoisotopic (exact) mass is 291 g/mol. The molecular formula is C16H21NO4. The van der Waals surface area contributed by atoms with Crippen molar-refractivity contribution in [2.24, 2.45) is 0 Å². The average molecular weight is 291 g/mol. The Labute approximate surface area is 124 Å². The van der Waals surface area contributed by atoms with Crippen LogP contribution in [0.5, 0.6) is 0 Å². The number of benzene rings is 1. The van der Waals surface area contributed by atoms with Crippen LogP contribution in [0.15, 0.2) is 28.7 Å². The number of methoxy groups -OCH3 is 1. The Morgan fingerprint density at radius 2 is 2.10 bits per heavy atom. The number of hydrogen-bond acceptors (Lipinski definition) is 4. The maximum Gasteiger partial charge on any atom is 0.310 e. The van der Waals surface area contributed by atoms with Crippen molar-refractivity contribution in [1.29, 1.82) is 0 Å². The average Bonchev–Trinajstić information content (AvgIpc) is 2.81. The lowest BCUT2D eigenvalue weighted by atomic mass is 10.1. The summed E-state index contributed by atoms with van der Waals surface area (Å²) in [6.45, 7) is 0.437. The summed E-state index contributed by atoms with van der Waals surface area (Å²) >= 11 is 0. The Morgan fingerprint density at radius 3 is 2.71 bits per heavy atom. The fraction of sp³-hybridized carbons (Fsp3) is 0.438. The minimum Gasteiger partial charge on any atom is -0.842 e. The fourth-order valence-corrected chi connectivity index (χ4v) is 2.26. The summed E-state index contributed by atoms with van der Waals surface area (Å²) in [4.78, 5) is 11.4. The van der Waals surface area contributed by atoms with Crippen molar-refractivity contribution >= 4 is 16.9 Å². The third-order valence-corrected chi connectivity index (χ3v) is 3.24. The first-order valence-electron chi connectivity index (χ1n) is 6.84. The highest BCUT2D eigenvalue weighted by Gasteiger charge is 2.16. The molecule has 0 aliphatic rings. The fourth-order valence-electron chi connectivity index (χ4n) is 2.26. The van der Waals surface area contributed by atoms with Crippen molar-refractivity contribution in [3.63, 3.8) is 0 Å². The van der Waals surface area contributed by atoms with E-state index < -0.39 is 6.10 Å². The number of nitrogens with zero attached hydrogens (tertiary/aromatic N) is 1. The Kier molecular flexibility index (Phi) is 4.34. The lowest BCUT2D eigenvalue weighted by Crippen LogP contribution is -2.41. The quantitative estimate of drug-likeness (QED) is 0.614. The molecule has 0 amide bonds. The summed E-state index contributed by atoms with van der Waals surface area (Å²) in [6, 6.07) is 7.30. The highest BCUT2D eigenvalue weighted by molar-refractivity contribution is 5.85. The zero-order valence-electron chi connectivity index (χ0n) is 12.9. The van der Waals surface area contributed by atoms with Gasteiger partial charge in [0.1, 0.15) is 5.58 Å². The van der Waals surface area contributed by atoms with E-state index in [0.29, 0.717) is 22.4 Å².